The van der Waals surface area contributed by atoms with E-state index in [4.69, 9.17) is 0 Å². The van der Waals surface area contributed by atoms with E-state index in [1.165, 1.54) is 24.3 Å². The SMILES string of the molecule is CCCc1ccc(-c2ccc(-c3ccc(/C=C/C(F)(F)F)c(F)c3)c(F)c2)c(F)c1. The second kappa shape index (κ2) is 8.78. The molecule has 0 aliphatic carbocycles. The first-order valence-corrected chi connectivity index (χ1v) is 9.32. The Hall–Kier alpha value is -3.02. The van der Waals surface area contributed by atoms with Crippen molar-refractivity contribution in [2.24, 2.45) is 0 Å². The fourth-order valence-corrected chi connectivity index (χ4v) is 3.17. The summed E-state index contributed by atoms with van der Waals surface area (Å²) in [5.74, 6) is -2.06. The molecule has 3 rings (SSSR count). The number of hydrogen-bond donors (Lipinski definition) is 0. The smallest absolute Gasteiger partial charge is 0.206 e. The van der Waals surface area contributed by atoms with Gasteiger partial charge in [0.25, 0.3) is 0 Å². The van der Waals surface area contributed by atoms with E-state index in [1.54, 1.807) is 12.1 Å². The molecule has 0 bridgehead atoms. The Morgan fingerprint density at radius 2 is 1.30 bits per heavy atom. The minimum atomic E-state index is -4.56. The van der Waals surface area contributed by atoms with Crippen molar-refractivity contribution in [2.45, 2.75) is 25.9 Å². The van der Waals surface area contributed by atoms with Gasteiger partial charge in [0.05, 0.1) is 0 Å². The minimum Gasteiger partial charge on any atom is -0.206 e. The Bertz CT molecular complexity index is 1080. The Balaban J connectivity index is 1.91. The monoisotopic (exact) mass is 420 g/mol. The fraction of sp³-hybridized carbons (Fsp3) is 0.167. The third kappa shape index (κ3) is 5.12. The van der Waals surface area contributed by atoms with Crippen LogP contribution in [0.5, 0.6) is 0 Å². The largest absolute Gasteiger partial charge is 0.409 e. The molecule has 0 nitrogen and oxygen atoms in total. The number of hydrogen-bond acceptors (Lipinski definition) is 0. The van der Waals surface area contributed by atoms with Gasteiger partial charge in [0.1, 0.15) is 17.5 Å². The lowest BCUT2D eigenvalue weighted by Gasteiger charge is -2.10. The first-order chi connectivity index (χ1) is 14.2. The molecule has 0 unspecified atom stereocenters. The molecule has 0 fully saturated rings. The van der Waals surface area contributed by atoms with E-state index in [-0.39, 0.29) is 28.3 Å². The average Bonchev–Trinajstić information content (AvgIpc) is 2.66. The zero-order chi connectivity index (χ0) is 21.9. The summed E-state index contributed by atoms with van der Waals surface area (Å²) >= 11 is 0. The molecule has 0 saturated carbocycles. The summed E-state index contributed by atoms with van der Waals surface area (Å²) < 4.78 is 80.0. The van der Waals surface area contributed by atoms with E-state index in [0.29, 0.717) is 11.6 Å². The first kappa shape index (κ1) is 21.7. The standard InChI is InChI=1S/C24H18F6/c1-2-3-15-4-8-19(22(26)12-15)18-7-9-20(23(27)14-18)17-6-5-16(21(25)13-17)10-11-24(28,29)30/h4-14H,2-3H2,1H3/b11-10+. The molecule has 0 atom stereocenters. The summed E-state index contributed by atoms with van der Waals surface area (Å²) in [4.78, 5) is 0. The Labute approximate surface area is 170 Å². The molecule has 0 saturated heterocycles. The maximum absolute atomic E-state index is 14.7. The highest BCUT2D eigenvalue weighted by atomic mass is 19.4. The van der Waals surface area contributed by atoms with Crippen LogP contribution in [0.4, 0.5) is 26.3 Å². The topological polar surface area (TPSA) is 0 Å². The van der Waals surface area contributed by atoms with Crippen molar-refractivity contribution >= 4 is 6.08 Å². The van der Waals surface area contributed by atoms with Crippen LogP contribution in [-0.2, 0) is 6.42 Å². The van der Waals surface area contributed by atoms with E-state index >= 15 is 0 Å². The summed E-state index contributed by atoms with van der Waals surface area (Å²) in [5, 5.41) is 0. The maximum Gasteiger partial charge on any atom is 0.409 e. The van der Waals surface area contributed by atoms with Gasteiger partial charge in [-0.2, -0.15) is 13.2 Å². The second-order valence-corrected chi connectivity index (χ2v) is 6.87. The van der Waals surface area contributed by atoms with Gasteiger partial charge in [-0.25, -0.2) is 13.2 Å². The van der Waals surface area contributed by atoms with Crippen LogP contribution in [-0.4, -0.2) is 6.18 Å². The zero-order valence-electron chi connectivity index (χ0n) is 16.0. The third-order valence-electron chi connectivity index (χ3n) is 4.62. The lowest BCUT2D eigenvalue weighted by Crippen LogP contribution is -2.00. The molecule has 6 heteroatoms. The molecule has 30 heavy (non-hydrogen) atoms. The van der Waals surface area contributed by atoms with Gasteiger partial charge in [-0.05, 0) is 47.4 Å². The van der Waals surface area contributed by atoms with Crippen LogP contribution >= 0.6 is 0 Å². The zero-order valence-corrected chi connectivity index (χ0v) is 16.0. The lowest BCUT2D eigenvalue weighted by molar-refractivity contribution is -0.0790. The van der Waals surface area contributed by atoms with Crippen molar-refractivity contribution in [3.63, 3.8) is 0 Å². The highest BCUT2D eigenvalue weighted by molar-refractivity contribution is 5.72. The van der Waals surface area contributed by atoms with Gasteiger partial charge in [-0.3, -0.25) is 0 Å². The number of halogens is 6. The van der Waals surface area contributed by atoms with Gasteiger partial charge >= 0.3 is 6.18 Å². The van der Waals surface area contributed by atoms with Gasteiger partial charge in [0.15, 0.2) is 0 Å². The molecule has 156 valence electrons. The summed E-state index contributed by atoms with van der Waals surface area (Å²) in [6.07, 6.45) is -2.39. The third-order valence-corrected chi connectivity index (χ3v) is 4.62. The van der Waals surface area contributed by atoms with Crippen molar-refractivity contribution in [2.75, 3.05) is 0 Å². The molecule has 0 radical (unpaired) electrons. The van der Waals surface area contributed by atoms with Crippen molar-refractivity contribution < 1.29 is 26.3 Å². The molecule has 0 aliphatic heterocycles. The van der Waals surface area contributed by atoms with Crippen LogP contribution in [0.15, 0.2) is 60.7 Å². The first-order valence-electron chi connectivity index (χ1n) is 9.32. The molecule has 0 heterocycles. The van der Waals surface area contributed by atoms with Crippen LogP contribution in [0, 0.1) is 17.5 Å². The van der Waals surface area contributed by atoms with Crippen molar-refractivity contribution in [1.29, 1.82) is 0 Å². The molecule has 3 aromatic rings. The van der Waals surface area contributed by atoms with E-state index in [9.17, 15) is 26.3 Å². The van der Waals surface area contributed by atoms with Crippen LogP contribution < -0.4 is 0 Å². The van der Waals surface area contributed by atoms with Gasteiger partial charge in [-0.1, -0.05) is 49.7 Å². The van der Waals surface area contributed by atoms with Gasteiger partial charge < -0.3 is 0 Å². The van der Waals surface area contributed by atoms with Gasteiger partial charge in [-0.15, -0.1) is 0 Å². The van der Waals surface area contributed by atoms with Crippen LogP contribution in [0.3, 0.4) is 0 Å². The summed E-state index contributed by atoms with van der Waals surface area (Å²) in [6, 6.07) is 12.3. The number of benzene rings is 3. The van der Waals surface area contributed by atoms with E-state index in [1.807, 2.05) is 6.92 Å². The van der Waals surface area contributed by atoms with E-state index < -0.39 is 23.6 Å². The summed E-state index contributed by atoms with van der Waals surface area (Å²) in [5.41, 5.74) is 1.40. The van der Waals surface area contributed by atoms with Crippen molar-refractivity contribution in [1.82, 2.24) is 0 Å². The highest BCUT2D eigenvalue weighted by Crippen LogP contribution is 2.31. The minimum absolute atomic E-state index is 0.0620. The summed E-state index contributed by atoms with van der Waals surface area (Å²) in [7, 11) is 0. The number of alkyl halides is 3. The van der Waals surface area contributed by atoms with E-state index in [2.05, 4.69) is 0 Å². The van der Waals surface area contributed by atoms with Crippen LogP contribution in [0.1, 0.15) is 24.5 Å². The predicted octanol–water partition coefficient (Wildman–Crippen LogP) is 7.97. The van der Waals surface area contributed by atoms with Crippen LogP contribution in [0.2, 0.25) is 0 Å². The number of allylic oxidation sites excluding steroid dienone is 1. The maximum atomic E-state index is 14.7. The summed E-state index contributed by atoms with van der Waals surface area (Å²) in [6.45, 7) is 1.99. The Kier molecular flexibility index (Phi) is 6.34. The predicted molar refractivity (Wildman–Crippen MR) is 106 cm³/mol. The molecule has 0 aliphatic rings. The van der Waals surface area contributed by atoms with Crippen LogP contribution in [0.25, 0.3) is 28.3 Å². The molecule has 0 amide bonds. The van der Waals surface area contributed by atoms with Gasteiger partial charge in [0.2, 0.25) is 0 Å². The lowest BCUT2D eigenvalue weighted by atomic mass is 9.97. The molecule has 0 spiro atoms. The van der Waals surface area contributed by atoms with Crippen molar-refractivity contribution in [3.8, 4) is 22.3 Å². The quantitative estimate of drug-likeness (QED) is 0.367. The molecule has 0 N–H and O–H groups in total. The molecular weight excluding hydrogens is 402 g/mol. The molecule has 3 aromatic carbocycles. The average molecular weight is 420 g/mol. The molecule has 0 aromatic heterocycles. The Morgan fingerprint density at radius 3 is 1.83 bits per heavy atom. The number of rotatable bonds is 5. The van der Waals surface area contributed by atoms with E-state index in [0.717, 1.165) is 36.6 Å². The number of aryl methyl sites for hydroxylation is 1. The second-order valence-electron chi connectivity index (χ2n) is 6.87. The normalized spacial score (nSPS) is 12.0. The fourth-order valence-electron chi connectivity index (χ4n) is 3.17. The Morgan fingerprint density at radius 1 is 0.733 bits per heavy atom. The molecular formula is C24H18F6. The van der Waals surface area contributed by atoms with Gasteiger partial charge in [0, 0.05) is 22.8 Å². The van der Waals surface area contributed by atoms with Crippen molar-refractivity contribution in [3.05, 3.63) is 89.3 Å². The highest BCUT2D eigenvalue weighted by Gasteiger charge is 2.22.